The number of benzene rings is 2. The highest BCUT2D eigenvalue weighted by Gasteiger charge is 2.29. The fourth-order valence-corrected chi connectivity index (χ4v) is 4.32. The zero-order valence-corrected chi connectivity index (χ0v) is 21.6. The molecule has 4 heteroatoms. The van der Waals surface area contributed by atoms with Gasteiger partial charge in [-0.15, -0.1) is 0 Å². The van der Waals surface area contributed by atoms with Crippen LogP contribution >= 0.6 is 0 Å². The van der Waals surface area contributed by atoms with Crippen molar-refractivity contribution in [2.45, 2.75) is 98.2 Å². The lowest BCUT2D eigenvalue weighted by Crippen LogP contribution is -2.35. The molecule has 0 aliphatic heterocycles. The van der Waals surface area contributed by atoms with E-state index in [-0.39, 0.29) is 30.1 Å². The lowest BCUT2D eigenvalue weighted by Gasteiger charge is -2.29. The van der Waals surface area contributed by atoms with Gasteiger partial charge in [-0.25, -0.2) is 9.59 Å². The third-order valence-electron chi connectivity index (χ3n) is 6.39. The van der Waals surface area contributed by atoms with Crippen LogP contribution in [0.1, 0.15) is 105 Å². The van der Waals surface area contributed by atoms with E-state index in [1.54, 1.807) is 0 Å². The van der Waals surface area contributed by atoms with Crippen LogP contribution in [0.15, 0.2) is 48.5 Å². The molecule has 0 N–H and O–H groups in total. The first kappa shape index (κ1) is 27.6. The molecule has 0 fully saturated rings. The second-order valence-corrected chi connectivity index (χ2v) is 9.27. The molecule has 2 atom stereocenters. The number of carbonyl (C=O) groups excluding carboxylic acids is 2. The molecular formula is C30H42O4. The molecule has 0 bridgehead atoms. The summed E-state index contributed by atoms with van der Waals surface area (Å²) in [5.41, 5.74) is 3.53. The Morgan fingerprint density at radius 3 is 1.41 bits per heavy atom. The number of unbranched alkanes of at least 4 members (excludes halogenated alkanes) is 2. The Hall–Kier alpha value is -2.62. The molecule has 0 heterocycles. The van der Waals surface area contributed by atoms with Crippen LogP contribution in [0.5, 0.6) is 0 Å². The van der Waals surface area contributed by atoms with Crippen molar-refractivity contribution in [1.29, 1.82) is 0 Å². The van der Waals surface area contributed by atoms with Gasteiger partial charge < -0.3 is 9.47 Å². The number of rotatable bonds is 14. The minimum atomic E-state index is -0.366. The van der Waals surface area contributed by atoms with Crippen molar-refractivity contribution in [3.05, 3.63) is 70.8 Å². The van der Waals surface area contributed by atoms with Gasteiger partial charge in [0, 0.05) is 5.92 Å². The first-order chi connectivity index (χ1) is 16.4. The third-order valence-corrected chi connectivity index (χ3v) is 6.39. The fourth-order valence-electron chi connectivity index (χ4n) is 4.32. The Labute approximate surface area is 206 Å². The Kier molecular flexibility index (Phi) is 11.9. The lowest BCUT2D eigenvalue weighted by atomic mass is 9.91. The smallest absolute Gasteiger partial charge is 0.338 e. The first-order valence-corrected chi connectivity index (χ1v) is 13.0. The van der Waals surface area contributed by atoms with E-state index in [1.807, 2.05) is 62.4 Å². The van der Waals surface area contributed by atoms with Gasteiger partial charge in [-0.05, 0) is 68.5 Å². The average Bonchev–Trinajstić information content (AvgIpc) is 2.83. The van der Waals surface area contributed by atoms with Crippen LogP contribution in [-0.2, 0) is 22.3 Å². The van der Waals surface area contributed by atoms with Crippen LogP contribution in [-0.4, -0.2) is 24.1 Å². The normalized spacial score (nSPS) is 13.7. The van der Waals surface area contributed by atoms with Crippen molar-refractivity contribution in [3.63, 3.8) is 0 Å². The van der Waals surface area contributed by atoms with E-state index in [2.05, 4.69) is 20.8 Å². The van der Waals surface area contributed by atoms with Crippen molar-refractivity contribution in [1.82, 2.24) is 0 Å². The van der Waals surface area contributed by atoms with Gasteiger partial charge in [-0.3, -0.25) is 0 Å². The number of hydrogen-bond acceptors (Lipinski definition) is 4. The molecular weight excluding hydrogens is 424 g/mol. The minimum Gasteiger partial charge on any atom is -0.459 e. The fraction of sp³-hybridized carbons (Fsp3) is 0.533. The zero-order chi connectivity index (χ0) is 24.9. The molecule has 186 valence electrons. The van der Waals surface area contributed by atoms with E-state index in [1.165, 1.54) is 11.1 Å². The van der Waals surface area contributed by atoms with Crippen molar-refractivity contribution in [3.8, 4) is 0 Å². The van der Waals surface area contributed by atoms with Crippen LogP contribution in [0.2, 0.25) is 0 Å². The summed E-state index contributed by atoms with van der Waals surface area (Å²) in [6.45, 7) is 10.2. The first-order valence-electron chi connectivity index (χ1n) is 13.0. The van der Waals surface area contributed by atoms with Crippen LogP contribution < -0.4 is 0 Å². The van der Waals surface area contributed by atoms with E-state index < -0.39 is 0 Å². The number of aryl methyl sites for hydroxylation is 2. The second-order valence-electron chi connectivity index (χ2n) is 9.27. The highest BCUT2D eigenvalue weighted by molar-refractivity contribution is 5.90. The van der Waals surface area contributed by atoms with Crippen molar-refractivity contribution >= 4 is 11.9 Å². The van der Waals surface area contributed by atoms with Crippen LogP contribution in [0.3, 0.4) is 0 Å². The topological polar surface area (TPSA) is 52.6 Å². The molecule has 0 amide bonds. The molecule has 0 spiro atoms. The number of esters is 2. The largest absolute Gasteiger partial charge is 0.459 e. The Morgan fingerprint density at radius 2 is 1.06 bits per heavy atom. The van der Waals surface area contributed by atoms with E-state index >= 15 is 0 Å². The van der Waals surface area contributed by atoms with Gasteiger partial charge in [0.15, 0.2) is 0 Å². The standard InChI is InChI=1S/C30H42O4/c1-6-9-10-13-28(22(4)33-29(31)26-18-14-24(11-7-2)15-19-26)23(5)34-30(32)27-20-16-25(12-8-3)17-21-27/h14-23,28H,6-13H2,1-5H3. The SMILES string of the molecule is CCCCCC(C(C)OC(=O)c1ccc(CCC)cc1)C(C)OC(=O)c1ccc(CCC)cc1. The van der Waals surface area contributed by atoms with E-state index in [4.69, 9.17) is 9.47 Å². The Bertz CT molecular complexity index is 800. The monoisotopic (exact) mass is 466 g/mol. The predicted octanol–water partition coefficient (Wildman–Crippen LogP) is 7.58. The lowest BCUT2D eigenvalue weighted by molar-refractivity contribution is -0.0251. The van der Waals surface area contributed by atoms with Gasteiger partial charge in [-0.2, -0.15) is 0 Å². The molecule has 0 saturated heterocycles. The summed E-state index contributed by atoms with van der Waals surface area (Å²) in [5, 5.41) is 0. The molecule has 2 aromatic rings. The molecule has 0 aliphatic rings. The van der Waals surface area contributed by atoms with Crippen molar-refractivity contribution < 1.29 is 19.1 Å². The zero-order valence-electron chi connectivity index (χ0n) is 21.6. The molecule has 0 saturated carbocycles. The van der Waals surface area contributed by atoms with E-state index in [9.17, 15) is 9.59 Å². The Morgan fingerprint density at radius 1 is 0.647 bits per heavy atom. The Balaban J connectivity index is 2.04. The third kappa shape index (κ3) is 8.62. The summed E-state index contributed by atoms with van der Waals surface area (Å²) in [5.74, 6) is -0.736. The van der Waals surface area contributed by atoms with Gasteiger partial charge in [0.25, 0.3) is 0 Å². The minimum absolute atomic E-state index is 0.0711. The van der Waals surface area contributed by atoms with Crippen LogP contribution in [0, 0.1) is 5.92 Å². The molecule has 2 rings (SSSR count). The summed E-state index contributed by atoms with van der Waals surface area (Å²) in [6, 6.07) is 15.3. The maximum absolute atomic E-state index is 12.8. The van der Waals surface area contributed by atoms with Gasteiger partial charge in [0.2, 0.25) is 0 Å². The van der Waals surface area contributed by atoms with E-state index in [0.717, 1.165) is 51.4 Å². The molecule has 0 radical (unpaired) electrons. The maximum Gasteiger partial charge on any atom is 0.338 e. The molecule has 34 heavy (non-hydrogen) atoms. The maximum atomic E-state index is 12.8. The van der Waals surface area contributed by atoms with Crippen LogP contribution in [0.25, 0.3) is 0 Å². The second kappa shape index (κ2) is 14.6. The van der Waals surface area contributed by atoms with Gasteiger partial charge in [0.1, 0.15) is 12.2 Å². The summed E-state index contributed by atoms with van der Waals surface area (Å²) < 4.78 is 11.7. The molecule has 0 aliphatic carbocycles. The summed E-state index contributed by atoms with van der Waals surface area (Å²) in [6.07, 6.45) is 7.43. The molecule has 2 aromatic carbocycles. The number of carbonyl (C=O) groups is 2. The summed E-state index contributed by atoms with van der Waals surface area (Å²) >= 11 is 0. The summed E-state index contributed by atoms with van der Waals surface area (Å²) in [7, 11) is 0. The highest BCUT2D eigenvalue weighted by atomic mass is 16.6. The number of hydrogen-bond donors (Lipinski definition) is 0. The predicted molar refractivity (Wildman–Crippen MR) is 138 cm³/mol. The van der Waals surface area contributed by atoms with Gasteiger partial charge in [-0.1, -0.05) is 77.1 Å². The van der Waals surface area contributed by atoms with Crippen molar-refractivity contribution in [2.75, 3.05) is 0 Å². The van der Waals surface area contributed by atoms with Crippen molar-refractivity contribution in [2.24, 2.45) is 5.92 Å². The highest BCUT2D eigenvalue weighted by Crippen LogP contribution is 2.25. The van der Waals surface area contributed by atoms with Gasteiger partial charge in [0.05, 0.1) is 11.1 Å². The molecule has 0 aromatic heterocycles. The average molecular weight is 467 g/mol. The van der Waals surface area contributed by atoms with E-state index in [0.29, 0.717) is 11.1 Å². The summed E-state index contributed by atoms with van der Waals surface area (Å²) in [4.78, 5) is 25.6. The quantitative estimate of drug-likeness (QED) is 0.213. The molecule has 4 nitrogen and oxygen atoms in total. The van der Waals surface area contributed by atoms with Gasteiger partial charge >= 0.3 is 11.9 Å². The number of ether oxygens (including phenoxy) is 2. The molecule has 2 unspecified atom stereocenters. The van der Waals surface area contributed by atoms with Crippen LogP contribution in [0.4, 0.5) is 0 Å².